The van der Waals surface area contributed by atoms with Gasteiger partial charge in [-0.1, -0.05) is 182 Å². The van der Waals surface area contributed by atoms with Gasteiger partial charge in [0.15, 0.2) is 18.3 Å². The molecule has 0 spiro atoms. The van der Waals surface area contributed by atoms with Crippen molar-refractivity contribution in [2.24, 2.45) is 0 Å². The third-order valence-corrected chi connectivity index (χ3v) is 16.4. The number of aliphatic hydroxyl groups excluding tert-OH is 1. The minimum absolute atomic E-state index is 0.145. The number of hydrogen-bond donors (Lipinski definition) is 1. The standard InChI is InChI=1S/C75H86N4O15/c1-73(2,3)92-70(86)77-58(67(83)89-64(52-34-22-13-23-35-52)61(77)49-28-16-10-17-29-49)43-40-55(80)46-76(47-56(81)41-44-59-68(84)90-65(53-36-24-14-25-37-53)62(50-30-18-11-19-31-50)78(59)71(87)93-74(4,5)6)48-57(82)42-45-60-69(85)91-66(54-38-26-15-27-39-54)63(51-32-20-12-21-33-51)79(60)72(88)94-75(7,8)9/h10-39,55,58-66,80H,40-48H2,1-9H3/t55-,58+,59+,60+,61+,62+,63+,64-,65-,66-/m1/s1. The average Bonchev–Trinajstić information content (AvgIpc) is 0.775. The number of carbonyl (C=O) groups is 8. The van der Waals surface area contributed by atoms with Crippen LogP contribution in [0.2, 0.25) is 0 Å². The molecule has 3 aliphatic rings. The molecular weight excluding hydrogens is 1200 g/mol. The zero-order valence-electron chi connectivity index (χ0n) is 54.9. The van der Waals surface area contributed by atoms with E-state index in [1.807, 2.05) is 133 Å². The van der Waals surface area contributed by atoms with Crippen molar-refractivity contribution in [2.45, 2.75) is 178 Å². The van der Waals surface area contributed by atoms with E-state index in [9.17, 15) is 43.5 Å². The molecule has 0 bridgehead atoms. The molecule has 0 saturated carbocycles. The van der Waals surface area contributed by atoms with E-state index in [1.165, 1.54) is 19.6 Å². The van der Waals surface area contributed by atoms with Crippen molar-refractivity contribution in [1.29, 1.82) is 0 Å². The number of rotatable bonds is 21. The number of nitrogens with zero attached hydrogens (tertiary/aromatic N) is 4. The Morgan fingerprint density at radius 1 is 0.404 bits per heavy atom. The summed E-state index contributed by atoms with van der Waals surface area (Å²) in [6, 6.07) is 47.9. The first-order chi connectivity index (χ1) is 44.7. The maximum atomic E-state index is 14.7. The van der Waals surface area contributed by atoms with Gasteiger partial charge in [-0.3, -0.25) is 29.2 Å². The maximum absolute atomic E-state index is 14.7. The first-order valence-electron chi connectivity index (χ1n) is 32.1. The molecular formula is C75H86N4O15. The van der Waals surface area contributed by atoms with Gasteiger partial charge in [0.2, 0.25) is 0 Å². The molecule has 1 N–H and O–H groups in total. The molecule has 9 rings (SSSR count). The van der Waals surface area contributed by atoms with Gasteiger partial charge >= 0.3 is 36.2 Å². The number of carbonyl (C=O) groups excluding carboxylic acids is 8. The van der Waals surface area contributed by atoms with Crippen LogP contribution in [0.5, 0.6) is 0 Å². The summed E-state index contributed by atoms with van der Waals surface area (Å²) in [6.45, 7) is 14.2. The van der Waals surface area contributed by atoms with Gasteiger partial charge in [-0.05, 0) is 121 Å². The summed E-state index contributed by atoms with van der Waals surface area (Å²) >= 11 is 0. The molecule has 19 nitrogen and oxygen atoms in total. The first-order valence-corrected chi connectivity index (χ1v) is 32.1. The third kappa shape index (κ3) is 17.7. The Morgan fingerprint density at radius 3 is 0.904 bits per heavy atom. The Bertz CT molecular complexity index is 3400. The fourth-order valence-electron chi connectivity index (χ4n) is 12.4. The van der Waals surface area contributed by atoms with E-state index >= 15 is 0 Å². The van der Waals surface area contributed by atoms with Gasteiger partial charge in [-0.2, -0.15) is 0 Å². The van der Waals surface area contributed by atoms with E-state index in [2.05, 4.69) is 0 Å². The van der Waals surface area contributed by atoms with Crippen LogP contribution in [-0.2, 0) is 52.4 Å². The molecule has 0 radical (unpaired) electrons. The van der Waals surface area contributed by atoms with Crippen LogP contribution in [0.25, 0.3) is 0 Å². The second-order valence-electron chi connectivity index (χ2n) is 27.1. The lowest BCUT2D eigenvalue weighted by molar-refractivity contribution is -0.175. The number of ketones is 2. The molecule has 3 saturated heterocycles. The van der Waals surface area contributed by atoms with Crippen molar-refractivity contribution < 1.29 is 71.9 Å². The Morgan fingerprint density at radius 2 is 0.649 bits per heavy atom. The number of esters is 3. The normalized spacial score (nSPS) is 22.1. The number of Topliss-reactive ketones (excluding diaryl/α,β-unsaturated/α-hetero) is 2. The first kappa shape index (κ1) is 69.1. The summed E-state index contributed by atoms with van der Waals surface area (Å²) < 4.78 is 36.7. The minimum atomic E-state index is -1.36. The van der Waals surface area contributed by atoms with E-state index in [4.69, 9.17) is 28.4 Å². The number of benzene rings is 6. The summed E-state index contributed by atoms with van der Waals surface area (Å²) in [4.78, 5) is 122. The molecule has 3 amide bonds. The molecule has 10 atom stereocenters. The van der Waals surface area contributed by atoms with Crippen LogP contribution in [0.15, 0.2) is 182 Å². The highest BCUT2D eigenvalue weighted by molar-refractivity contribution is 5.88. The largest absolute Gasteiger partial charge is 0.453 e. The summed E-state index contributed by atoms with van der Waals surface area (Å²) in [5.74, 6) is -3.22. The fourth-order valence-corrected chi connectivity index (χ4v) is 12.4. The van der Waals surface area contributed by atoms with Gasteiger partial charge in [0.25, 0.3) is 0 Å². The molecule has 6 aromatic rings. The molecule has 0 aliphatic carbocycles. The highest BCUT2D eigenvalue weighted by atomic mass is 16.6. The Labute approximate surface area is 550 Å². The molecule has 3 fully saturated rings. The predicted molar refractivity (Wildman–Crippen MR) is 349 cm³/mol. The van der Waals surface area contributed by atoms with E-state index < -0.39 is 138 Å². The Hall–Kier alpha value is -9.20. The van der Waals surface area contributed by atoms with Crippen molar-refractivity contribution in [3.8, 4) is 0 Å². The number of aliphatic hydroxyl groups is 1. The summed E-state index contributed by atoms with van der Waals surface area (Å²) in [6.07, 6.45) is -7.99. The third-order valence-electron chi connectivity index (χ3n) is 16.4. The summed E-state index contributed by atoms with van der Waals surface area (Å²) in [5, 5.41) is 12.2. The highest BCUT2D eigenvalue weighted by Crippen LogP contribution is 2.47. The van der Waals surface area contributed by atoms with E-state index in [-0.39, 0.29) is 45.1 Å². The van der Waals surface area contributed by atoms with Crippen molar-refractivity contribution in [3.63, 3.8) is 0 Å². The van der Waals surface area contributed by atoms with Gasteiger partial charge in [0, 0.05) is 19.4 Å². The van der Waals surface area contributed by atoms with Gasteiger partial charge < -0.3 is 33.5 Å². The summed E-state index contributed by atoms with van der Waals surface area (Å²) in [7, 11) is 0. The quantitative estimate of drug-likeness (QED) is 0.0522. The monoisotopic (exact) mass is 1280 g/mol. The smallest absolute Gasteiger partial charge is 0.411 e. The zero-order valence-corrected chi connectivity index (χ0v) is 54.9. The predicted octanol–water partition coefficient (Wildman–Crippen LogP) is 13.1. The van der Waals surface area contributed by atoms with Crippen LogP contribution in [0.4, 0.5) is 14.4 Å². The Kier molecular flexibility index (Phi) is 22.3. The zero-order chi connectivity index (χ0) is 67.5. The SMILES string of the molecule is CC(C)(C)OC(=O)N1[C@@H](CCC(=O)CN(CC(=O)CC[C@H]2C(=O)O[C@H](c3ccccc3)[C@H](c3ccccc3)N2C(=O)OC(C)(C)C)C[C@H](O)CC[C@H]2C(=O)O[C@H](c3ccccc3)[C@H](c3ccccc3)N2C(=O)OC(C)(C)C)C(=O)O[C@H](c2ccccc2)[C@@H]1c1ccccc1. The van der Waals surface area contributed by atoms with E-state index in [0.717, 1.165) is 0 Å². The molecule has 0 unspecified atom stereocenters. The maximum Gasteiger partial charge on any atom is 0.411 e. The van der Waals surface area contributed by atoms with Crippen molar-refractivity contribution in [3.05, 3.63) is 215 Å². The van der Waals surface area contributed by atoms with E-state index in [1.54, 1.807) is 111 Å². The lowest BCUT2D eigenvalue weighted by Gasteiger charge is -2.45. The highest BCUT2D eigenvalue weighted by Gasteiger charge is 2.52. The average molecular weight is 1280 g/mol. The van der Waals surface area contributed by atoms with Crippen molar-refractivity contribution >= 4 is 47.8 Å². The van der Waals surface area contributed by atoms with Crippen LogP contribution < -0.4 is 0 Å². The molecule has 3 aliphatic heterocycles. The molecule has 19 heteroatoms. The van der Waals surface area contributed by atoms with Gasteiger partial charge in [-0.25, -0.2) is 28.8 Å². The number of amides is 3. The molecule has 6 aromatic carbocycles. The number of ether oxygens (including phenoxy) is 6. The molecule has 3 heterocycles. The number of morpholine rings is 3. The van der Waals surface area contributed by atoms with Gasteiger partial charge in [-0.15, -0.1) is 0 Å². The van der Waals surface area contributed by atoms with Gasteiger partial charge in [0.05, 0.1) is 19.2 Å². The number of cyclic esters (lactones) is 3. The fraction of sp³-hybridized carbons (Fsp3) is 0.413. The van der Waals surface area contributed by atoms with Gasteiger partial charge in [0.1, 0.15) is 64.6 Å². The topological polar surface area (TPSA) is 225 Å². The van der Waals surface area contributed by atoms with Crippen LogP contribution in [0.3, 0.4) is 0 Å². The minimum Gasteiger partial charge on any atom is -0.453 e. The van der Waals surface area contributed by atoms with Crippen LogP contribution in [0.1, 0.15) is 171 Å². The van der Waals surface area contributed by atoms with E-state index in [0.29, 0.717) is 33.4 Å². The summed E-state index contributed by atoms with van der Waals surface area (Å²) in [5.41, 5.74) is 0.883. The Balaban J connectivity index is 1.00. The number of hydrogen-bond acceptors (Lipinski definition) is 16. The van der Waals surface area contributed by atoms with Crippen LogP contribution >= 0.6 is 0 Å². The molecule has 94 heavy (non-hydrogen) atoms. The van der Waals surface area contributed by atoms with Crippen LogP contribution in [0, 0.1) is 0 Å². The lowest BCUT2D eigenvalue weighted by atomic mass is 9.90. The van der Waals surface area contributed by atoms with Crippen molar-refractivity contribution in [2.75, 3.05) is 19.6 Å². The molecule has 496 valence electrons. The second-order valence-corrected chi connectivity index (χ2v) is 27.1. The van der Waals surface area contributed by atoms with Crippen molar-refractivity contribution in [1.82, 2.24) is 19.6 Å². The van der Waals surface area contributed by atoms with Crippen LogP contribution in [-0.4, -0.2) is 133 Å². The second kappa shape index (κ2) is 30.3. The lowest BCUT2D eigenvalue weighted by Crippen LogP contribution is -2.55. The molecule has 0 aromatic heterocycles.